The number of hydrogen-bond acceptors (Lipinski definition) is 3. The lowest BCUT2D eigenvalue weighted by Gasteiger charge is -2.14. The van der Waals surface area contributed by atoms with Gasteiger partial charge in [0.1, 0.15) is 17.1 Å². The van der Waals surface area contributed by atoms with Gasteiger partial charge in [0.2, 0.25) is 5.95 Å². The minimum Gasteiger partial charge on any atom is -0.454 e. The minimum atomic E-state index is -4.61. The van der Waals surface area contributed by atoms with Crippen molar-refractivity contribution >= 4 is 23.2 Å². The van der Waals surface area contributed by atoms with Crippen LogP contribution in [0, 0.1) is 18.7 Å². The number of carbonyl (C=O) groups is 1. The number of rotatable bonds is 4. The molecule has 158 valence electrons. The van der Waals surface area contributed by atoms with Crippen molar-refractivity contribution in [2.24, 2.45) is 7.05 Å². The summed E-state index contributed by atoms with van der Waals surface area (Å²) in [6.07, 6.45) is -4.61. The Balaban J connectivity index is 1.92. The highest BCUT2D eigenvalue weighted by Gasteiger charge is 2.31. The summed E-state index contributed by atoms with van der Waals surface area (Å²) in [7, 11) is 1.32. The fourth-order valence-electron chi connectivity index (χ4n) is 2.64. The Bertz CT molecular complexity index is 1130. The second-order valence-electron chi connectivity index (χ2n) is 6.21. The maximum atomic E-state index is 14.1. The molecule has 1 amide bonds. The molecule has 0 aliphatic heterocycles. The van der Waals surface area contributed by atoms with Crippen LogP contribution in [-0.2, 0) is 13.2 Å². The Morgan fingerprint density at radius 3 is 2.40 bits per heavy atom. The molecule has 0 fully saturated rings. The van der Waals surface area contributed by atoms with Crippen molar-refractivity contribution in [2.45, 2.75) is 13.1 Å². The first-order valence-electron chi connectivity index (χ1n) is 8.32. The number of alkyl halides is 3. The first-order valence-corrected chi connectivity index (χ1v) is 8.69. The monoisotopic (exact) mass is 445 g/mol. The van der Waals surface area contributed by atoms with Crippen LogP contribution in [0.2, 0.25) is 5.02 Å². The van der Waals surface area contributed by atoms with Crippen LogP contribution in [0.3, 0.4) is 0 Å². The number of anilines is 1. The molecule has 0 bridgehead atoms. The third kappa shape index (κ3) is 4.38. The van der Waals surface area contributed by atoms with Crippen LogP contribution >= 0.6 is 11.6 Å². The molecule has 1 heterocycles. The summed E-state index contributed by atoms with van der Waals surface area (Å²) in [6.45, 7) is 1.43. The predicted molar refractivity (Wildman–Crippen MR) is 98.8 cm³/mol. The van der Waals surface area contributed by atoms with Gasteiger partial charge in [-0.25, -0.2) is 9.07 Å². The highest BCUT2D eigenvalue weighted by molar-refractivity contribution is 6.32. The van der Waals surface area contributed by atoms with E-state index in [9.17, 15) is 26.7 Å². The molecular weight excluding hydrogens is 433 g/mol. The van der Waals surface area contributed by atoms with E-state index in [1.807, 2.05) is 0 Å². The fourth-order valence-corrected chi connectivity index (χ4v) is 2.85. The fraction of sp³-hybridized carbons (Fsp3) is 0.158. The van der Waals surface area contributed by atoms with E-state index in [4.69, 9.17) is 16.3 Å². The summed E-state index contributed by atoms with van der Waals surface area (Å²) in [4.78, 5) is 12.5. The Morgan fingerprint density at radius 1 is 1.13 bits per heavy atom. The van der Waals surface area contributed by atoms with E-state index < -0.39 is 29.4 Å². The summed E-state index contributed by atoms with van der Waals surface area (Å²) in [5, 5.41) is 5.80. The van der Waals surface area contributed by atoms with Crippen LogP contribution < -0.4 is 10.1 Å². The van der Waals surface area contributed by atoms with E-state index >= 15 is 0 Å². The largest absolute Gasteiger partial charge is 0.454 e. The molecule has 11 heteroatoms. The van der Waals surface area contributed by atoms with Gasteiger partial charge in [-0.2, -0.15) is 22.7 Å². The zero-order valence-corrected chi connectivity index (χ0v) is 16.2. The highest BCUT2D eigenvalue weighted by Crippen LogP contribution is 2.38. The van der Waals surface area contributed by atoms with Crippen molar-refractivity contribution in [1.29, 1.82) is 0 Å². The molecule has 0 aliphatic rings. The maximum absolute atomic E-state index is 14.1. The van der Waals surface area contributed by atoms with Crippen LogP contribution in [0.1, 0.15) is 21.6 Å². The number of aromatic nitrogens is 2. The zero-order chi connectivity index (χ0) is 22.2. The molecule has 5 nitrogen and oxygen atoms in total. The molecule has 3 aromatic rings. The molecule has 0 radical (unpaired) electrons. The minimum absolute atomic E-state index is 0.0555. The second-order valence-corrected chi connectivity index (χ2v) is 6.62. The summed E-state index contributed by atoms with van der Waals surface area (Å²) < 4.78 is 72.5. The summed E-state index contributed by atoms with van der Waals surface area (Å²) >= 11 is 5.86. The Morgan fingerprint density at radius 2 is 1.83 bits per heavy atom. The number of hydrogen-bond donors (Lipinski definition) is 1. The molecule has 0 aliphatic carbocycles. The number of aryl methyl sites for hydroxylation is 2. The van der Waals surface area contributed by atoms with E-state index in [0.717, 1.165) is 35.0 Å². The van der Waals surface area contributed by atoms with Crippen molar-refractivity contribution in [3.63, 3.8) is 0 Å². The highest BCUT2D eigenvalue weighted by atomic mass is 35.5. The molecule has 0 unspecified atom stereocenters. The summed E-state index contributed by atoms with van der Waals surface area (Å²) in [5.74, 6) is -2.93. The third-order valence-corrected chi connectivity index (χ3v) is 4.35. The lowest BCUT2D eigenvalue weighted by molar-refractivity contribution is -0.137. The predicted octanol–water partition coefficient (Wildman–Crippen LogP) is 5.72. The van der Waals surface area contributed by atoms with Gasteiger partial charge < -0.3 is 10.1 Å². The lowest BCUT2D eigenvalue weighted by atomic mass is 10.2. The van der Waals surface area contributed by atoms with Crippen LogP contribution in [0.5, 0.6) is 11.5 Å². The smallest absolute Gasteiger partial charge is 0.416 e. The molecule has 0 spiro atoms. The summed E-state index contributed by atoms with van der Waals surface area (Å²) in [6, 6.07) is 5.44. The van der Waals surface area contributed by atoms with Crippen LogP contribution in [0.15, 0.2) is 36.4 Å². The Labute approximate surface area is 172 Å². The number of carbonyl (C=O) groups excluding carboxylic acids is 1. The van der Waals surface area contributed by atoms with E-state index in [1.165, 1.54) is 14.0 Å². The average Bonchev–Trinajstić information content (AvgIpc) is 2.90. The van der Waals surface area contributed by atoms with Gasteiger partial charge in [-0.05, 0) is 37.3 Å². The van der Waals surface area contributed by atoms with Gasteiger partial charge in [0.05, 0.1) is 22.0 Å². The molecule has 1 aromatic heterocycles. The molecule has 1 N–H and O–H groups in total. The average molecular weight is 446 g/mol. The molecule has 3 rings (SSSR count). The number of nitrogens with one attached hydrogen (secondary N) is 1. The van der Waals surface area contributed by atoms with Gasteiger partial charge in [0.15, 0.2) is 5.75 Å². The first kappa shape index (κ1) is 21.6. The summed E-state index contributed by atoms with van der Waals surface area (Å²) in [5.41, 5.74) is -1.24. The molecular formula is C19H13ClF5N3O2. The van der Waals surface area contributed by atoms with Crippen molar-refractivity contribution in [1.82, 2.24) is 9.78 Å². The van der Waals surface area contributed by atoms with Gasteiger partial charge in [-0.3, -0.25) is 4.79 Å². The molecule has 30 heavy (non-hydrogen) atoms. The van der Waals surface area contributed by atoms with Crippen molar-refractivity contribution in [3.8, 4) is 11.5 Å². The number of amides is 1. The van der Waals surface area contributed by atoms with E-state index in [0.29, 0.717) is 6.07 Å². The lowest BCUT2D eigenvalue weighted by Crippen LogP contribution is -2.15. The second kappa shape index (κ2) is 7.94. The number of benzene rings is 2. The first-order chi connectivity index (χ1) is 14.0. The number of halogens is 6. The molecule has 0 atom stereocenters. The molecule has 2 aromatic carbocycles. The Kier molecular flexibility index (Phi) is 5.71. The normalized spacial score (nSPS) is 11.5. The van der Waals surface area contributed by atoms with E-state index in [2.05, 4.69) is 10.4 Å². The van der Waals surface area contributed by atoms with Gasteiger partial charge in [0.25, 0.3) is 5.91 Å². The van der Waals surface area contributed by atoms with Crippen molar-refractivity contribution < 1.29 is 31.5 Å². The Hall–Kier alpha value is -3.14. The van der Waals surface area contributed by atoms with Gasteiger partial charge in [-0.15, -0.1) is 0 Å². The SMILES string of the molecule is Cc1nn(C)c(F)c1C(=O)Nc1ccc(F)cc1Oc1ccc(C(F)(F)F)cc1Cl. The van der Waals surface area contributed by atoms with Gasteiger partial charge >= 0.3 is 6.18 Å². The van der Waals surface area contributed by atoms with E-state index in [-0.39, 0.29) is 33.5 Å². The van der Waals surface area contributed by atoms with Crippen LogP contribution in [0.4, 0.5) is 27.6 Å². The number of nitrogens with zero attached hydrogens (tertiary/aromatic N) is 2. The van der Waals surface area contributed by atoms with Gasteiger partial charge in [0, 0.05) is 13.1 Å². The molecule has 0 saturated carbocycles. The quantitative estimate of drug-likeness (QED) is 0.522. The molecule has 0 saturated heterocycles. The standard InChI is InChI=1S/C19H13ClF5N3O2/c1-9-16(17(22)28(2)27-9)18(29)26-13-5-4-11(21)8-15(13)30-14-6-3-10(7-12(14)20)19(23,24)25/h3-8H,1-2H3,(H,26,29). The maximum Gasteiger partial charge on any atom is 0.416 e. The van der Waals surface area contributed by atoms with Gasteiger partial charge in [-0.1, -0.05) is 11.6 Å². The zero-order valence-electron chi connectivity index (χ0n) is 15.4. The topological polar surface area (TPSA) is 56.2 Å². The number of ether oxygens (including phenoxy) is 1. The van der Waals surface area contributed by atoms with Crippen molar-refractivity contribution in [2.75, 3.05) is 5.32 Å². The van der Waals surface area contributed by atoms with Crippen LogP contribution in [0.25, 0.3) is 0 Å². The van der Waals surface area contributed by atoms with E-state index in [1.54, 1.807) is 0 Å². The third-order valence-electron chi connectivity index (χ3n) is 4.05. The van der Waals surface area contributed by atoms with Crippen LogP contribution in [-0.4, -0.2) is 15.7 Å². The van der Waals surface area contributed by atoms with Crippen molar-refractivity contribution in [3.05, 3.63) is 70.0 Å².